The molecule has 0 spiro atoms. The highest BCUT2D eigenvalue weighted by Gasteiger charge is 2.13. The molecule has 1 unspecified atom stereocenters. The maximum Gasteiger partial charge on any atom is 0.243 e. The Labute approximate surface area is 130 Å². The number of hydrogen-bond donors (Lipinski definition) is 2. The van der Waals surface area contributed by atoms with Crippen molar-refractivity contribution in [1.29, 1.82) is 0 Å². The first-order valence-electron chi connectivity index (χ1n) is 7.90. The minimum Gasteiger partial charge on any atom is -0.356 e. The third-order valence-electron chi connectivity index (χ3n) is 3.12. The topological polar surface area (TPSA) is 56.7 Å². The second kappa shape index (κ2) is 9.64. The minimum atomic E-state index is 0.00921. The van der Waals surface area contributed by atoms with Crippen LogP contribution < -0.4 is 10.6 Å². The van der Waals surface area contributed by atoms with Crippen molar-refractivity contribution in [2.24, 2.45) is 10.4 Å². The van der Waals surface area contributed by atoms with Gasteiger partial charge in [-0.25, -0.2) is 4.99 Å². The molecule has 0 fully saturated rings. The van der Waals surface area contributed by atoms with Crippen molar-refractivity contribution in [3.05, 3.63) is 0 Å². The van der Waals surface area contributed by atoms with Crippen molar-refractivity contribution in [2.75, 3.05) is 27.2 Å². The molecule has 0 aromatic rings. The number of guanidine groups is 1. The average molecular weight is 298 g/mol. The van der Waals surface area contributed by atoms with Crippen LogP contribution in [0.2, 0.25) is 0 Å². The summed E-state index contributed by atoms with van der Waals surface area (Å²) in [6.07, 6.45) is 3.26. The van der Waals surface area contributed by atoms with Gasteiger partial charge in [-0.2, -0.15) is 0 Å². The van der Waals surface area contributed by atoms with Crippen LogP contribution in [-0.4, -0.2) is 50.0 Å². The Balaban J connectivity index is 4.46. The number of aliphatic imine (C=N–C) groups is 1. The number of rotatable bonds is 7. The van der Waals surface area contributed by atoms with Gasteiger partial charge in [0.15, 0.2) is 5.96 Å². The van der Waals surface area contributed by atoms with Gasteiger partial charge in [-0.1, -0.05) is 27.7 Å². The molecule has 0 aromatic heterocycles. The largest absolute Gasteiger partial charge is 0.356 e. The van der Waals surface area contributed by atoms with Crippen LogP contribution in [-0.2, 0) is 4.79 Å². The van der Waals surface area contributed by atoms with E-state index < -0.39 is 0 Å². The van der Waals surface area contributed by atoms with E-state index in [4.69, 9.17) is 0 Å². The van der Waals surface area contributed by atoms with Gasteiger partial charge < -0.3 is 15.5 Å². The Morgan fingerprint density at radius 2 is 1.90 bits per heavy atom. The standard InChI is InChI=1S/C16H34N4O/c1-8-11-17-15(18-12-14(21)20(6)7)19-13(2)9-10-16(3,4)5/h13H,8-12H2,1-7H3,(H2,17,18,19). The number of carbonyl (C=O) groups is 1. The number of carbonyl (C=O) groups excluding carboxylic acids is 1. The molecule has 0 aliphatic carbocycles. The highest BCUT2D eigenvalue weighted by Crippen LogP contribution is 2.21. The summed E-state index contributed by atoms with van der Waals surface area (Å²) in [5.41, 5.74) is 0.338. The molecule has 0 aliphatic heterocycles. The van der Waals surface area contributed by atoms with E-state index in [1.165, 1.54) is 0 Å². The maximum absolute atomic E-state index is 11.6. The molecule has 1 atom stereocenters. The number of likely N-dealkylation sites (N-methyl/N-ethyl adjacent to an activating group) is 1. The lowest BCUT2D eigenvalue weighted by atomic mass is 9.89. The van der Waals surface area contributed by atoms with Crippen molar-refractivity contribution in [3.63, 3.8) is 0 Å². The summed E-state index contributed by atoms with van der Waals surface area (Å²) in [6, 6.07) is 0.335. The molecule has 0 saturated heterocycles. The van der Waals surface area contributed by atoms with Crippen LogP contribution in [0, 0.1) is 5.41 Å². The highest BCUT2D eigenvalue weighted by atomic mass is 16.2. The molecule has 0 radical (unpaired) electrons. The second-order valence-corrected chi connectivity index (χ2v) is 7.02. The van der Waals surface area contributed by atoms with Crippen molar-refractivity contribution >= 4 is 11.9 Å². The van der Waals surface area contributed by atoms with Crippen molar-refractivity contribution in [3.8, 4) is 0 Å². The Morgan fingerprint density at radius 1 is 1.29 bits per heavy atom. The van der Waals surface area contributed by atoms with E-state index in [2.05, 4.69) is 50.2 Å². The third-order valence-corrected chi connectivity index (χ3v) is 3.12. The fourth-order valence-corrected chi connectivity index (χ4v) is 1.64. The fraction of sp³-hybridized carbons (Fsp3) is 0.875. The molecule has 1 amide bonds. The van der Waals surface area contributed by atoms with Crippen LogP contribution >= 0.6 is 0 Å². The van der Waals surface area contributed by atoms with Crippen LogP contribution in [0.4, 0.5) is 0 Å². The molecule has 5 nitrogen and oxygen atoms in total. The summed E-state index contributed by atoms with van der Waals surface area (Å²) in [5.74, 6) is 0.739. The van der Waals surface area contributed by atoms with Gasteiger partial charge in [-0.05, 0) is 31.6 Å². The lowest BCUT2D eigenvalue weighted by Gasteiger charge is -2.23. The predicted octanol–water partition coefficient (Wildman–Crippen LogP) is 2.23. The van der Waals surface area contributed by atoms with E-state index in [-0.39, 0.29) is 12.5 Å². The quantitative estimate of drug-likeness (QED) is 0.560. The monoisotopic (exact) mass is 298 g/mol. The summed E-state index contributed by atoms with van der Waals surface area (Å²) < 4.78 is 0. The molecule has 0 rings (SSSR count). The summed E-state index contributed by atoms with van der Waals surface area (Å²) in [5, 5.41) is 6.65. The molecule has 2 N–H and O–H groups in total. The number of hydrogen-bond acceptors (Lipinski definition) is 2. The zero-order valence-electron chi connectivity index (χ0n) is 14.9. The normalized spacial score (nSPS) is 13.8. The average Bonchev–Trinajstić information content (AvgIpc) is 2.38. The predicted molar refractivity (Wildman–Crippen MR) is 90.6 cm³/mol. The molecule has 0 bridgehead atoms. The molecule has 0 saturated carbocycles. The minimum absolute atomic E-state index is 0.00921. The van der Waals surface area contributed by atoms with E-state index in [9.17, 15) is 4.79 Å². The summed E-state index contributed by atoms with van der Waals surface area (Å²) in [7, 11) is 3.49. The second-order valence-electron chi connectivity index (χ2n) is 7.02. The first kappa shape index (κ1) is 19.7. The fourth-order valence-electron chi connectivity index (χ4n) is 1.64. The van der Waals surface area contributed by atoms with Crippen molar-refractivity contribution in [2.45, 2.75) is 59.9 Å². The molecular formula is C16H34N4O. The highest BCUT2D eigenvalue weighted by molar-refractivity contribution is 5.84. The zero-order chi connectivity index (χ0) is 16.5. The van der Waals surface area contributed by atoms with Gasteiger partial charge in [0.25, 0.3) is 0 Å². The molecule has 124 valence electrons. The van der Waals surface area contributed by atoms with Gasteiger partial charge in [-0.3, -0.25) is 4.79 Å². The van der Waals surface area contributed by atoms with Crippen LogP contribution in [0.3, 0.4) is 0 Å². The Kier molecular flexibility index (Phi) is 9.06. The first-order valence-corrected chi connectivity index (χ1v) is 7.90. The maximum atomic E-state index is 11.6. The Bertz CT molecular complexity index is 332. The van der Waals surface area contributed by atoms with E-state index in [1.54, 1.807) is 19.0 Å². The Hall–Kier alpha value is -1.26. The third kappa shape index (κ3) is 11.1. The van der Waals surface area contributed by atoms with Gasteiger partial charge in [-0.15, -0.1) is 0 Å². The summed E-state index contributed by atoms with van der Waals surface area (Å²) in [4.78, 5) is 17.6. The van der Waals surface area contributed by atoms with Crippen LogP contribution in [0.25, 0.3) is 0 Å². The van der Waals surface area contributed by atoms with Gasteiger partial charge in [0.05, 0.1) is 0 Å². The summed E-state index contributed by atoms with van der Waals surface area (Å²) >= 11 is 0. The molecule has 21 heavy (non-hydrogen) atoms. The molecule has 5 heteroatoms. The van der Waals surface area contributed by atoms with Crippen molar-refractivity contribution in [1.82, 2.24) is 15.5 Å². The van der Waals surface area contributed by atoms with E-state index in [1.807, 2.05) is 0 Å². The number of nitrogens with zero attached hydrogens (tertiary/aromatic N) is 2. The first-order chi connectivity index (χ1) is 9.65. The SMILES string of the molecule is CCCNC(=NCC(=O)N(C)C)NC(C)CCC(C)(C)C. The van der Waals surface area contributed by atoms with Gasteiger partial charge in [0.1, 0.15) is 6.54 Å². The lowest BCUT2D eigenvalue weighted by molar-refractivity contribution is -0.127. The Morgan fingerprint density at radius 3 is 2.38 bits per heavy atom. The lowest BCUT2D eigenvalue weighted by Crippen LogP contribution is -2.43. The summed E-state index contributed by atoms with van der Waals surface area (Å²) in [6.45, 7) is 12.0. The van der Waals surface area contributed by atoms with Crippen LogP contribution in [0.1, 0.15) is 53.9 Å². The molecular weight excluding hydrogens is 264 g/mol. The van der Waals surface area contributed by atoms with E-state index in [0.717, 1.165) is 31.8 Å². The zero-order valence-corrected chi connectivity index (χ0v) is 14.9. The number of amides is 1. The van der Waals surface area contributed by atoms with Crippen molar-refractivity contribution < 1.29 is 4.79 Å². The van der Waals surface area contributed by atoms with Gasteiger partial charge in [0.2, 0.25) is 5.91 Å². The molecule has 0 aliphatic rings. The van der Waals surface area contributed by atoms with Gasteiger partial charge >= 0.3 is 0 Å². The van der Waals surface area contributed by atoms with Crippen LogP contribution in [0.5, 0.6) is 0 Å². The van der Waals surface area contributed by atoms with Gasteiger partial charge in [0, 0.05) is 26.7 Å². The smallest absolute Gasteiger partial charge is 0.243 e. The molecule has 0 heterocycles. The van der Waals surface area contributed by atoms with E-state index >= 15 is 0 Å². The van der Waals surface area contributed by atoms with E-state index in [0.29, 0.717) is 11.5 Å². The molecule has 0 aromatic carbocycles. The number of nitrogens with one attached hydrogen (secondary N) is 2. The van der Waals surface area contributed by atoms with Crippen LogP contribution in [0.15, 0.2) is 4.99 Å².